The Morgan fingerprint density at radius 2 is 1.96 bits per heavy atom. The Balaban J connectivity index is 0.00000192. The first-order valence-corrected chi connectivity index (χ1v) is 8.24. The number of benzene rings is 1. The van der Waals surface area contributed by atoms with Gasteiger partial charge in [0.25, 0.3) is 5.91 Å². The predicted octanol–water partition coefficient (Wildman–Crippen LogP) is 3.36. The van der Waals surface area contributed by atoms with E-state index in [1.807, 2.05) is 0 Å². The normalized spacial score (nSPS) is 15.9. The lowest BCUT2D eigenvalue weighted by molar-refractivity contribution is 0.0893. The number of nitrogens with zero attached hydrogens (tertiary/aromatic N) is 1. The maximum absolute atomic E-state index is 13.2. The second-order valence-electron chi connectivity index (χ2n) is 5.58. The van der Waals surface area contributed by atoms with Crippen molar-refractivity contribution >= 4 is 29.7 Å². The monoisotopic (exact) mass is 355 g/mol. The van der Waals surface area contributed by atoms with E-state index in [2.05, 4.69) is 10.3 Å². The molecule has 0 radical (unpaired) electrons. The van der Waals surface area contributed by atoms with Crippen LogP contribution in [0.2, 0.25) is 0 Å². The molecule has 1 amide bonds. The van der Waals surface area contributed by atoms with Crippen LogP contribution in [-0.2, 0) is 12.1 Å². The number of thiazole rings is 1. The number of nitrogens with one attached hydrogen (secondary N) is 1. The van der Waals surface area contributed by atoms with Crippen LogP contribution in [0.4, 0.5) is 4.39 Å². The minimum atomic E-state index is -0.419. The summed E-state index contributed by atoms with van der Waals surface area (Å²) in [6, 6.07) is 6.40. The second kappa shape index (κ2) is 7.38. The van der Waals surface area contributed by atoms with Gasteiger partial charge in [0.05, 0.1) is 5.54 Å². The van der Waals surface area contributed by atoms with Crippen molar-refractivity contribution in [1.29, 1.82) is 0 Å². The number of hydrogen-bond acceptors (Lipinski definition) is 4. The van der Waals surface area contributed by atoms with E-state index >= 15 is 0 Å². The third-order valence-corrected chi connectivity index (χ3v) is 5.04. The summed E-state index contributed by atoms with van der Waals surface area (Å²) < 4.78 is 13.2. The van der Waals surface area contributed by atoms with Gasteiger partial charge in [-0.3, -0.25) is 4.79 Å². The number of amides is 1. The molecule has 3 N–H and O–H groups in total. The quantitative estimate of drug-likeness (QED) is 0.883. The molecule has 1 aromatic carbocycles. The highest BCUT2D eigenvalue weighted by Crippen LogP contribution is 2.39. The van der Waals surface area contributed by atoms with Gasteiger partial charge in [0, 0.05) is 11.9 Å². The molecule has 1 fully saturated rings. The Morgan fingerprint density at radius 1 is 1.30 bits per heavy atom. The van der Waals surface area contributed by atoms with Gasteiger partial charge < -0.3 is 11.1 Å². The van der Waals surface area contributed by atoms with E-state index in [0.29, 0.717) is 12.2 Å². The Hall–Kier alpha value is -1.50. The number of nitrogens with two attached hydrogens (primary N) is 1. The van der Waals surface area contributed by atoms with E-state index in [-0.39, 0.29) is 24.1 Å². The van der Waals surface area contributed by atoms with Crippen LogP contribution in [0.25, 0.3) is 0 Å². The summed E-state index contributed by atoms with van der Waals surface area (Å²) in [6.45, 7) is 0.334. The molecule has 0 atom stereocenters. The van der Waals surface area contributed by atoms with E-state index in [1.165, 1.54) is 23.5 Å². The lowest BCUT2D eigenvalue weighted by Gasteiger charge is -2.30. The van der Waals surface area contributed by atoms with E-state index in [4.69, 9.17) is 5.73 Å². The van der Waals surface area contributed by atoms with Gasteiger partial charge in [-0.05, 0) is 30.5 Å². The molecule has 0 spiro atoms. The van der Waals surface area contributed by atoms with Gasteiger partial charge in [-0.1, -0.05) is 25.0 Å². The lowest BCUT2D eigenvalue weighted by Crippen LogP contribution is -2.44. The lowest BCUT2D eigenvalue weighted by atomic mass is 9.88. The molecule has 0 aliphatic heterocycles. The Morgan fingerprint density at radius 3 is 2.52 bits per heavy atom. The average Bonchev–Trinajstić information content (AvgIpc) is 3.17. The number of carbonyl (C=O) groups is 1. The predicted molar refractivity (Wildman–Crippen MR) is 91.3 cm³/mol. The van der Waals surface area contributed by atoms with E-state index in [9.17, 15) is 9.18 Å². The molecule has 124 valence electrons. The highest BCUT2D eigenvalue weighted by molar-refractivity contribution is 7.09. The average molecular weight is 356 g/mol. The summed E-state index contributed by atoms with van der Waals surface area (Å²) in [4.78, 5) is 16.7. The van der Waals surface area contributed by atoms with Crippen molar-refractivity contribution in [2.45, 2.75) is 37.8 Å². The second-order valence-corrected chi connectivity index (χ2v) is 6.52. The maximum Gasteiger partial charge on any atom is 0.271 e. The van der Waals surface area contributed by atoms with Crippen LogP contribution in [0.5, 0.6) is 0 Å². The molecular weight excluding hydrogens is 337 g/mol. The molecule has 1 heterocycles. The Bertz CT molecular complexity index is 668. The zero-order valence-corrected chi connectivity index (χ0v) is 14.2. The topological polar surface area (TPSA) is 68.0 Å². The van der Waals surface area contributed by atoms with Crippen molar-refractivity contribution in [1.82, 2.24) is 10.3 Å². The van der Waals surface area contributed by atoms with Gasteiger partial charge in [0.15, 0.2) is 0 Å². The molecule has 4 nitrogen and oxygen atoms in total. The largest absolute Gasteiger partial charge is 0.341 e. The van der Waals surface area contributed by atoms with Crippen LogP contribution in [0.15, 0.2) is 29.6 Å². The minimum absolute atomic E-state index is 0. The maximum atomic E-state index is 13.2. The van der Waals surface area contributed by atoms with Crippen molar-refractivity contribution < 1.29 is 9.18 Å². The van der Waals surface area contributed by atoms with Gasteiger partial charge in [0.2, 0.25) is 0 Å². The highest BCUT2D eigenvalue weighted by atomic mass is 35.5. The van der Waals surface area contributed by atoms with Crippen molar-refractivity contribution in [2.75, 3.05) is 0 Å². The molecule has 1 saturated carbocycles. The van der Waals surface area contributed by atoms with Crippen LogP contribution in [0, 0.1) is 5.82 Å². The van der Waals surface area contributed by atoms with E-state index in [1.54, 1.807) is 17.5 Å². The molecule has 2 aromatic rings. The first kappa shape index (κ1) is 17.8. The Kier molecular flexibility index (Phi) is 5.73. The van der Waals surface area contributed by atoms with Crippen LogP contribution in [0.3, 0.4) is 0 Å². The molecule has 7 heteroatoms. The third-order valence-electron chi connectivity index (χ3n) is 4.17. The summed E-state index contributed by atoms with van der Waals surface area (Å²) >= 11 is 1.39. The van der Waals surface area contributed by atoms with Crippen molar-refractivity contribution in [2.24, 2.45) is 5.73 Å². The molecule has 3 rings (SSSR count). The summed E-state index contributed by atoms with van der Waals surface area (Å²) in [7, 11) is 0. The Labute approximate surface area is 144 Å². The van der Waals surface area contributed by atoms with E-state index < -0.39 is 5.54 Å². The van der Waals surface area contributed by atoms with Gasteiger partial charge in [-0.2, -0.15) is 0 Å². The summed E-state index contributed by atoms with van der Waals surface area (Å²) in [5.74, 6) is -0.461. The first-order chi connectivity index (χ1) is 10.6. The zero-order chi connectivity index (χ0) is 15.6. The van der Waals surface area contributed by atoms with Gasteiger partial charge in [-0.25, -0.2) is 9.37 Å². The van der Waals surface area contributed by atoms with Gasteiger partial charge in [-0.15, -0.1) is 23.7 Å². The minimum Gasteiger partial charge on any atom is -0.341 e. The number of carbonyl (C=O) groups excluding carboxylic acids is 1. The van der Waals surface area contributed by atoms with Crippen LogP contribution < -0.4 is 11.1 Å². The molecule has 1 aliphatic carbocycles. The van der Waals surface area contributed by atoms with Crippen LogP contribution in [-0.4, -0.2) is 10.9 Å². The smallest absolute Gasteiger partial charge is 0.271 e. The molecule has 1 aliphatic rings. The van der Waals surface area contributed by atoms with Gasteiger partial charge in [0.1, 0.15) is 16.5 Å². The molecule has 1 aromatic heterocycles. The summed E-state index contributed by atoms with van der Waals surface area (Å²) in [6.07, 6.45) is 3.81. The van der Waals surface area contributed by atoms with Crippen molar-refractivity contribution in [3.8, 4) is 0 Å². The van der Waals surface area contributed by atoms with Crippen LogP contribution in [0.1, 0.15) is 46.7 Å². The van der Waals surface area contributed by atoms with Crippen LogP contribution >= 0.6 is 23.7 Å². The molecular formula is C16H19ClFN3OS. The van der Waals surface area contributed by atoms with Crippen molar-refractivity contribution in [3.63, 3.8) is 0 Å². The number of halogens is 2. The third kappa shape index (κ3) is 3.71. The summed E-state index contributed by atoms with van der Waals surface area (Å²) in [5.41, 5.74) is 6.47. The SMILES string of the molecule is Cl.NCc1nc(C(=O)NC2(c3ccc(F)cc3)CCCC2)cs1. The van der Waals surface area contributed by atoms with E-state index in [0.717, 1.165) is 36.3 Å². The molecule has 0 unspecified atom stereocenters. The fourth-order valence-electron chi connectivity index (χ4n) is 3.02. The van der Waals surface area contributed by atoms with Crippen molar-refractivity contribution in [3.05, 3.63) is 51.7 Å². The standard InChI is InChI=1S/C16H18FN3OS.ClH/c17-12-5-3-11(4-6-12)16(7-1-2-8-16)20-15(21)13-10-22-14(9-18)19-13;/h3-6,10H,1-2,7-9,18H2,(H,20,21);1H. The number of aromatic nitrogens is 1. The number of rotatable bonds is 4. The molecule has 0 bridgehead atoms. The summed E-state index contributed by atoms with van der Waals surface area (Å²) in [5, 5.41) is 5.59. The fraction of sp³-hybridized carbons (Fsp3) is 0.375. The number of hydrogen-bond donors (Lipinski definition) is 2. The molecule has 23 heavy (non-hydrogen) atoms. The first-order valence-electron chi connectivity index (χ1n) is 7.36. The fourth-order valence-corrected chi connectivity index (χ4v) is 3.68. The highest BCUT2D eigenvalue weighted by Gasteiger charge is 2.37. The van der Waals surface area contributed by atoms with Gasteiger partial charge >= 0.3 is 0 Å². The zero-order valence-electron chi connectivity index (χ0n) is 12.5. The molecule has 0 saturated heterocycles.